The summed E-state index contributed by atoms with van der Waals surface area (Å²) in [6.07, 6.45) is -0.399. The Labute approximate surface area is 146 Å². The monoisotopic (exact) mass is 364 g/mol. The highest BCUT2D eigenvalue weighted by Crippen LogP contribution is 2.31. The van der Waals surface area contributed by atoms with Gasteiger partial charge in [-0.2, -0.15) is 23.4 Å². The minimum absolute atomic E-state index is 0.0601. The van der Waals surface area contributed by atoms with Crippen LogP contribution in [0.2, 0.25) is 0 Å². The molecule has 0 radical (unpaired) electrons. The molecule has 0 saturated heterocycles. The Hall–Kier alpha value is -3.17. The molecular weight excluding hydrogens is 349 g/mol. The van der Waals surface area contributed by atoms with E-state index in [-0.39, 0.29) is 12.1 Å². The molecule has 26 heavy (non-hydrogen) atoms. The predicted molar refractivity (Wildman–Crippen MR) is 85.4 cm³/mol. The van der Waals surface area contributed by atoms with Gasteiger partial charge < -0.3 is 4.90 Å². The van der Waals surface area contributed by atoms with Gasteiger partial charge in [0.1, 0.15) is 12.7 Å². The van der Waals surface area contributed by atoms with E-state index in [9.17, 15) is 18.0 Å². The first-order chi connectivity index (χ1) is 12.3. The van der Waals surface area contributed by atoms with Crippen molar-refractivity contribution in [3.05, 3.63) is 59.9 Å². The molecule has 0 saturated carbocycles. The predicted octanol–water partition coefficient (Wildman–Crippen LogP) is 2.29. The first-order valence-electron chi connectivity index (χ1n) is 7.56. The lowest BCUT2D eigenvalue weighted by atomic mass is 10.1. The van der Waals surface area contributed by atoms with Gasteiger partial charge in [0.05, 0.1) is 5.69 Å². The van der Waals surface area contributed by atoms with Gasteiger partial charge in [-0.25, -0.2) is 9.67 Å². The van der Waals surface area contributed by atoms with E-state index in [0.29, 0.717) is 11.3 Å². The Bertz CT molecular complexity index is 899. The Morgan fingerprint density at radius 1 is 1.23 bits per heavy atom. The summed E-state index contributed by atoms with van der Waals surface area (Å²) >= 11 is 0. The molecule has 7 nitrogen and oxygen atoms in total. The van der Waals surface area contributed by atoms with Crippen molar-refractivity contribution < 1.29 is 18.0 Å². The van der Waals surface area contributed by atoms with Crippen LogP contribution in [0.3, 0.4) is 0 Å². The first kappa shape index (κ1) is 17.6. The van der Waals surface area contributed by atoms with E-state index in [2.05, 4.69) is 15.2 Å². The highest BCUT2D eigenvalue weighted by atomic mass is 19.4. The molecule has 0 atom stereocenters. The number of hydrogen-bond acceptors (Lipinski definition) is 4. The van der Waals surface area contributed by atoms with E-state index >= 15 is 0 Å². The Morgan fingerprint density at radius 3 is 2.50 bits per heavy atom. The maximum absolute atomic E-state index is 13.0. The second-order valence-corrected chi connectivity index (χ2v) is 5.72. The summed E-state index contributed by atoms with van der Waals surface area (Å²) in [7, 11) is 2.85. The molecule has 1 amide bonds. The largest absolute Gasteiger partial charge is 0.435 e. The van der Waals surface area contributed by atoms with E-state index in [0.717, 1.165) is 4.68 Å². The summed E-state index contributed by atoms with van der Waals surface area (Å²) < 4.78 is 41.7. The number of carbonyl (C=O) groups excluding carboxylic acids is 1. The summed E-state index contributed by atoms with van der Waals surface area (Å²) in [5, 5.41) is 7.43. The zero-order valence-corrected chi connectivity index (χ0v) is 14.0. The number of alkyl halides is 3. The van der Waals surface area contributed by atoms with Crippen LogP contribution < -0.4 is 0 Å². The fourth-order valence-electron chi connectivity index (χ4n) is 2.54. The van der Waals surface area contributed by atoms with Crippen molar-refractivity contribution in [2.75, 3.05) is 7.05 Å². The molecule has 2 heterocycles. The maximum Gasteiger partial charge on any atom is 0.435 e. The second-order valence-electron chi connectivity index (χ2n) is 5.72. The van der Waals surface area contributed by atoms with Gasteiger partial charge in [-0.15, -0.1) is 0 Å². The molecule has 1 aromatic carbocycles. The van der Waals surface area contributed by atoms with Crippen molar-refractivity contribution in [2.45, 2.75) is 12.7 Å². The van der Waals surface area contributed by atoms with Crippen LogP contribution in [0.5, 0.6) is 0 Å². The van der Waals surface area contributed by atoms with Crippen molar-refractivity contribution in [1.29, 1.82) is 0 Å². The molecule has 0 fully saturated rings. The topological polar surface area (TPSA) is 68.8 Å². The number of aromatic nitrogens is 5. The molecular formula is C16H15F3N6O. The zero-order chi connectivity index (χ0) is 18.9. The molecule has 136 valence electrons. The van der Waals surface area contributed by atoms with Crippen LogP contribution in [0.4, 0.5) is 13.2 Å². The first-order valence-corrected chi connectivity index (χ1v) is 7.56. The molecule has 0 spiro atoms. The molecule has 2 aromatic heterocycles. The van der Waals surface area contributed by atoms with Gasteiger partial charge in [0, 0.05) is 38.0 Å². The SMILES string of the molecule is CN(Cc1cn(C)nc1C(F)(F)F)C(=O)c1ccc(-n2cncn2)cc1. The van der Waals surface area contributed by atoms with Crippen LogP contribution in [0.15, 0.2) is 43.1 Å². The quantitative estimate of drug-likeness (QED) is 0.712. The van der Waals surface area contributed by atoms with E-state index < -0.39 is 17.8 Å². The number of halogens is 3. The molecule has 0 bridgehead atoms. The van der Waals surface area contributed by atoms with Crippen LogP contribution in [0.1, 0.15) is 21.6 Å². The third-order valence-corrected chi connectivity index (χ3v) is 3.72. The molecule has 3 rings (SSSR count). The molecule has 0 aliphatic rings. The van der Waals surface area contributed by atoms with Gasteiger partial charge in [-0.3, -0.25) is 9.48 Å². The third-order valence-electron chi connectivity index (χ3n) is 3.72. The number of carbonyl (C=O) groups is 1. The lowest BCUT2D eigenvalue weighted by molar-refractivity contribution is -0.142. The number of hydrogen-bond donors (Lipinski definition) is 0. The van der Waals surface area contributed by atoms with Crippen LogP contribution in [-0.2, 0) is 19.8 Å². The smallest absolute Gasteiger partial charge is 0.337 e. The van der Waals surface area contributed by atoms with Gasteiger partial charge in [-0.1, -0.05) is 0 Å². The van der Waals surface area contributed by atoms with Crippen molar-refractivity contribution >= 4 is 5.91 Å². The van der Waals surface area contributed by atoms with Gasteiger partial charge in [0.15, 0.2) is 5.69 Å². The van der Waals surface area contributed by atoms with E-state index in [4.69, 9.17) is 0 Å². The number of nitrogens with zero attached hydrogens (tertiary/aromatic N) is 6. The van der Waals surface area contributed by atoms with E-state index in [1.165, 1.54) is 42.5 Å². The van der Waals surface area contributed by atoms with Gasteiger partial charge in [0.2, 0.25) is 0 Å². The zero-order valence-electron chi connectivity index (χ0n) is 14.0. The highest BCUT2D eigenvalue weighted by Gasteiger charge is 2.37. The van der Waals surface area contributed by atoms with Crippen molar-refractivity contribution in [3.63, 3.8) is 0 Å². The fourth-order valence-corrected chi connectivity index (χ4v) is 2.54. The standard InChI is InChI=1S/C16H15F3N6O/c1-23(7-12-8-24(2)22-14(12)16(17,18)19)15(26)11-3-5-13(6-4-11)25-10-20-9-21-25/h3-6,8-10H,7H2,1-2H3. The van der Waals surface area contributed by atoms with E-state index in [1.54, 1.807) is 24.3 Å². The van der Waals surface area contributed by atoms with Crippen LogP contribution in [0, 0.1) is 0 Å². The van der Waals surface area contributed by atoms with Gasteiger partial charge in [0.25, 0.3) is 5.91 Å². The summed E-state index contributed by atoms with van der Waals surface area (Å²) in [6, 6.07) is 6.54. The minimum Gasteiger partial charge on any atom is -0.337 e. The molecule has 0 aliphatic carbocycles. The molecule has 0 aliphatic heterocycles. The fraction of sp³-hybridized carbons (Fsp3) is 0.250. The second kappa shape index (κ2) is 6.62. The summed E-state index contributed by atoms with van der Waals surface area (Å²) in [6.45, 7) is -0.202. The van der Waals surface area contributed by atoms with Crippen LogP contribution in [0.25, 0.3) is 5.69 Å². The van der Waals surface area contributed by atoms with E-state index in [1.807, 2.05) is 0 Å². The maximum atomic E-state index is 13.0. The number of aryl methyl sites for hydroxylation is 1. The Morgan fingerprint density at radius 2 is 1.92 bits per heavy atom. The average Bonchev–Trinajstić information content (AvgIpc) is 3.23. The van der Waals surface area contributed by atoms with Gasteiger partial charge in [-0.05, 0) is 24.3 Å². The minimum atomic E-state index is -4.57. The molecule has 10 heteroatoms. The highest BCUT2D eigenvalue weighted by molar-refractivity contribution is 5.94. The Kier molecular flexibility index (Phi) is 4.49. The lowest BCUT2D eigenvalue weighted by Gasteiger charge is -2.18. The summed E-state index contributed by atoms with van der Waals surface area (Å²) in [5.41, 5.74) is 0.0263. The third kappa shape index (κ3) is 3.58. The number of amides is 1. The molecule has 0 unspecified atom stereocenters. The number of benzene rings is 1. The molecule has 3 aromatic rings. The van der Waals surface area contributed by atoms with Crippen molar-refractivity contribution in [1.82, 2.24) is 29.4 Å². The van der Waals surface area contributed by atoms with Crippen molar-refractivity contribution in [3.8, 4) is 5.69 Å². The lowest BCUT2D eigenvalue weighted by Crippen LogP contribution is -2.27. The molecule has 0 N–H and O–H groups in total. The van der Waals surface area contributed by atoms with Crippen molar-refractivity contribution in [2.24, 2.45) is 7.05 Å². The Balaban J connectivity index is 1.76. The van der Waals surface area contributed by atoms with Gasteiger partial charge >= 0.3 is 6.18 Å². The summed E-state index contributed by atoms with van der Waals surface area (Å²) in [5.74, 6) is -0.396. The number of rotatable bonds is 4. The average molecular weight is 364 g/mol. The normalized spacial score (nSPS) is 11.6. The van der Waals surface area contributed by atoms with Crippen LogP contribution >= 0.6 is 0 Å². The van der Waals surface area contributed by atoms with Crippen LogP contribution in [-0.4, -0.2) is 42.4 Å². The summed E-state index contributed by atoms with van der Waals surface area (Å²) in [4.78, 5) is 17.6.